The summed E-state index contributed by atoms with van der Waals surface area (Å²) in [5.41, 5.74) is 14.3. The Hall–Kier alpha value is -11.4. The Kier molecular flexibility index (Phi) is 28.9. The second kappa shape index (κ2) is 38.6. The fourth-order valence-corrected chi connectivity index (χ4v) is 9.96. The summed E-state index contributed by atoms with van der Waals surface area (Å²) in [6, 6.07) is 39.8. The molecule has 14 heterocycles. The molecule has 0 saturated carbocycles. The molecule has 0 atom stereocenters. The van der Waals surface area contributed by atoms with E-state index in [4.69, 9.17) is 0 Å². The highest BCUT2D eigenvalue weighted by atomic mass is 32.1. The Labute approximate surface area is 568 Å². The van der Waals surface area contributed by atoms with Gasteiger partial charge in [0.1, 0.15) is 0 Å². The summed E-state index contributed by atoms with van der Waals surface area (Å²) >= 11 is 5.18. The Morgan fingerprint density at radius 1 is 0.458 bits per heavy atom. The fourth-order valence-electron chi connectivity index (χ4n) is 8.36. The van der Waals surface area contributed by atoms with Gasteiger partial charge in [0.05, 0.1) is 76.1 Å². The highest BCUT2D eigenvalue weighted by Gasteiger charge is 2.01. The second-order valence-corrected chi connectivity index (χ2v) is 24.0. The zero-order chi connectivity index (χ0) is 68.4. The Morgan fingerprint density at radius 3 is 1.78 bits per heavy atom. The summed E-state index contributed by atoms with van der Waals surface area (Å²) in [4.78, 5) is 73.9. The van der Waals surface area contributed by atoms with Crippen LogP contribution in [0.5, 0.6) is 0 Å². The van der Waals surface area contributed by atoms with Gasteiger partial charge in [-0.1, -0.05) is 66.7 Å². The summed E-state index contributed by atoms with van der Waals surface area (Å²) in [5, 5.41) is 14.1. The van der Waals surface area contributed by atoms with Crippen LogP contribution in [0.25, 0.3) is 55.3 Å². The van der Waals surface area contributed by atoms with Crippen molar-refractivity contribution in [2.75, 3.05) is 0 Å². The monoisotopic (exact) mass is 1330 g/mol. The lowest BCUT2D eigenvalue weighted by Crippen LogP contribution is -2.12. The average Bonchev–Trinajstić information content (AvgIpc) is 1.63. The number of benzene rings is 3. The van der Waals surface area contributed by atoms with E-state index in [1.54, 1.807) is 120 Å². The molecular weight excluding hydrogens is 1260 g/mol. The van der Waals surface area contributed by atoms with Gasteiger partial charge in [-0.3, -0.25) is 39.1 Å². The number of aromatic amines is 2. The Balaban J connectivity index is 0.000000150. The molecule has 17 aromatic rings. The molecule has 14 aromatic heterocycles. The molecule has 0 bridgehead atoms. The smallest absolute Gasteiger partial charge is 0.323 e. The predicted molar refractivity (Wildman–Crippen MR) is 392 cm³/mol. The van der Waals surface area contributed by atoms with Crippen molar-refractivity contribution in [1.29, 1.82) is 0 Å². The van der Waals surface area contributed by atoms with Gasteiger partial charge in [0.15, 0.2) is 0 Å². The van der Waals surface area contributed by atoms with Gasteiger partial charge >= 0.3 is 5.69 Å². The van der Waals surface area contributed by atoms with Gasteiger partial charge in [-0.2, -0.15) is 16.4 Å². The van der Waals surface area contributed by atoms with Gasteiger partial charge in [0.2, 0.25) is 11.3 Å². The first-order valence-electron chi connectivity index (χ1n) is 30.1. The van der Waals surface area contributed by atoms with Crippen molar-refractivity contribution in [2.24, 2.45) is 14.1 Å². The SMILES string of the molecule is Cc1cccc2ncccc12.Cc1cccc2nccnc12.Cc1cccs1.Cc1ccsc1.Cc1cnc2ncccn12.Cc1cnc2nccnn12.Cc1cncc2[nH]c(=O)[nH]c12.Cc1cncs1.Cc1nccc2ccccc12.Cn1ccccc1=O.Cn1ccnc1. The van der Waals surface area contributed by atoms with Crippen LogP contribution in [0.1, 0.15) is 49.1 Å². The number of fused-ring (bicyclic) bond motifs is 6. The molecule has 20 nitrogen and oxygen atoms in total. The molecule has 17 rings (SSSR count). The normalized spacial score (nSPS) is 9.91. The number of hydrogen-bond acceptors (Lipinski definition) is 17. The number of para-hydroxylation sites is 1. The van der Waals surface area contributed by atoms with Gasteiger partial charge < -0.3 is 19.1 Å². The summed E-state index contributed by atoms with van der Waals surface area (Å²) in [7, 11) is 3.66. The quantitative estimate of drug-likeness (QED) is 0.144. The van der Waals surface area contributed by atoms with Crippen LogP contribution < -0.4 is 11.2 Å². The molecule has 0 unspecified atom stereocenters. The van der Waals surface area contributed by atoms with E-state index in [0.29, 0.717) is 5.78 Å². The van der Waals surface area contributed by atoms with Crippen LogP contribution in [-0.4, -0.2) is 87.9 Å². The molecule has 0 radical (unpaired) electrons. The molecule has 0 fully saturated rings. The standard InChI is InChI=1S/2C10H9N.C9H8N2.C7H7N3O.C7H7N3.C6H6N4.C6H7NO.2C5H6S.C4H6N2.C4H5NS/c1-8-4-2-6-10-9(8)5-3-7-11-10;1-8-10-5-3-2-4-9(10)6-7-11-8;1-7-3-2-4-8-9(7)11-6-5-10-8;1-4-2-8-3-5-6(4)10-7(11)9-5;1-6-5-9-7-8-3-2-4-10(6)7;1-5-4-8-6-7-2-3-9-10(5)6;1-7-5-3-2-4-6(7)8;1-5-2-3-6-4-5;1-5-3-2-4-6-5;1-6-3-2-5-4-6;1-4-2-5-3-6-4/h2*2-7H,1H3;2-6H,1H3;2-3H,1H3,(H2,9,10,11);2-5H,1H3;2-4H,1H3;2-5H,1H3;3*2-4H,1H3;2-3H,1H3. The van der Waals surface area contributed by atoms with E-state index in [-0.39, 0.29) is 11.2 Å². The molecular formula is C73H76N18O2S3. The third-order valence-corrected chi connectivity index (χ3v) is 15.7. The van der Waals surface area contributed by atoms with E-state index in [2.05, 4.69) is 149 Å². The molecule has 0 aliphatic heterocycles. The zero-order valence-corrected chi connectivity index (χ0v) is 57.8. The molecule has 96 heavy (non-hydrogen) atoms. The molecule has 0 saturated heterocycles. The van der Waals surface area contributed by atoms with E-state index in [1.165, 1.54) is 53.2 Å². The minimum Gasteiger partial charge on any atom is -0.341 e. The summed E-state index contributed by atoms with van der Waals surface area (Å²) in [6.45, 7) is 18.2. The Morgan fingerprint density at radius 2 is 1.19 bits per heavy atom. The van der Waals surface area contributed by atoms with Crippen molar-refractivity contribution in [1.82, 2.24) is 87.9 Å². The van der Waals surface area contributed by atoms with Gasteiger partial charge in [0.25, 0.3) is 5.78 Å². The number of imidazole rings is 4. The maximum Gasteiger partial charge on any atom is 0.323 e. The van der Waals surface area contributed by atoms with Crippen molar-refractivity contribution in [3.8, 4) is 0 Å². The van der Waals surface area contributed by atoms with Crippen LogP contribution in [0, 0.1) is 62.3 Å². The minimum atomic E-state index is -0.184. The summed E-state index contributed by atoms with van der Waals surface area (Å²) < 4.78 is 7.06. The first kappa shape index (κ1) is 72.0. The van der Waals surface area contributed by atoms with Crippen LogP contribution in [-0.2, 0) is 14.1 Å². The molecule has 0 aliphatic rings. The number of H-pyrrole nitrogens is 2. The average molecular weight is 1330 g/mol. The van der Waals surface area contributed by atoms with E-state index in [1.807, 2.05) is 167 Å². The van der Waals surface area contributed by atoms with Crippen LogP contribution in [0.2, 0.25) is 0 Å². The van der Waals surface area contributed by atoms with Gasteiger partial charge in [0, 0.05) is 120 Å². The van der Waals surface area contributed by atoms with Crippen LogP contribution >= 0.6 is 34.0 Å². The molecule has 23 heteroatoms. The van der Waals surface area contributed by atoms with Crippen molar-refractivity contribution in [3.05, 3.63) is 318 Å². The third kappa shape index (κ3) is 23.6. The van der Waals surface area contributed by atoms with Gasteiger partial charge in [-0.15, -0.1) is 22.7 Å². The van der Waals surface area contributed by atoms with Crippen molar-refractivity contribution < 1.29 is 0 Å². The Bertz CT molecular complexity index is 4720. The van der Waals surface area contributed by atoms with Gasteiger partial charge in [-0.25, -0.2) is 34.2 Å². The highest BCUT2D eigenvalue weighted by molar-refractivity contribution is 7.10. The van der Waals surface area contributed by atoms with Crippen LogP contribution in [0.3, 0.4) is 0 Å². The summed E-state index contributed by atoms with van der Waals surface area (Å²) in [6.07, 6.45) is 29.9. The number of thiazole rings is 1. The zero-order valence-electron chi connectivity index (χ0n) is 55.4. The lowest BCUT2D eigenvalue weighted by atomic mass is 10.1. The molecule has 0 spiro atoms. The number of nitrogens with zero attached hydrogens (tertiary/aromatic N) is 16. The lowest BCUT2D eigenvalue weighted by molar-refractivity contribution is 0.860. The topological polar surface area (TPSA) is 239 Å². The largest absolute Gasteiger partial charge is 0.341 e. The molecule has 488 valence electrons. The number of aryl methyl sites for hydroxylation is 11. The van der Waals surface area contributed by atoms with E-state index >= 15 is 0 Å². The predicted octanol–water partition coefficient (Wildman–Crippen LogP) is 15.4. The number of pyridine rings is 4. The molecule has 0 amide bonds. The number of rotatable bonds is 0. The number of thiophene rings is 2. The lowest BCUT2D eigenvalue weighted by Gasteiger charge is -1.97. The van der Waals surface area contributed by atoms with Crippen molar-refractivity contribution in [2.45, 2.75) is 62.3 Å². The van der Waals surface area contributed by atoms with Crippen LogP contribution in [0.4, 0.5) is 0 Å². The number of nitrogens with one attached hydrogen (secondary N) is 2. The van der Waals surface area contributed by atoms with Crippen molar-refractivity contribution >= 4 is 89.3 Å². The van der Waals surface area contributed by atoms with E-state index in [9.17, 15) is 9.59 Å². The van der Waals surface area contributed by atoms with E-state index in [0.717, 1.165) is 56.0 Å². The second-order valence-electron chi connectivity index (χ2n) is 21.0. The van der Waals surface area contributed by atoms with Gasteiger partial charge in [-0.05, 0) is 155 Å². The van der Waals surface area contributed by atoms with E-state index < -0.39 is 0 Å². The molecule has 0 aliphatic carbocycles. The number of aromatic nitrogens is 18. The minimum absolute atomic E-state index is 0.0347. The molecule has 3 aromatic carbocycles. The first-order valence-corrected chi connectivity index (χ1v) is 32.8. The summed E-state index contributed by atoms with van der Waals surface area (Å²) in [5.74, 6) is 1.42. The third-order valence-electron chi connectivity index (χ3n) is 13.4. The molecule has 2 N–H and O–H groups in total. The van der Waals surface area contributed by atoms with Crippen LogP contribution in [0.15, 0.2) is 258 Å². The first-order chi connectivity index (χ1) is 46.5. The van der Waals surface area contributed by atoms with Crippen molar-refractivity contribution in [3.63, 3.8) is 0 Å². The number of hydrogen-bond donors (Lipinski definition) is 2. The highest BCUT2D eigenvalue weighted by Crippen LogP contribution is 2.16. The fraction of sp³-hybridized carbons (Fsp3) is 0.151. The maximum atomic E-state index is 10.8. The maximum absolute atomic E-state index is 10.8.